The number of nitro groups is 1. The topological polar surface area (TPSA) is 104 Å². The maximum atomic E-state index is 13.9. The van der Waals surface area contributed by atoms with Crippen LogP contribution < -0.4 is 14.9 Å². The van der Waals surface area contributed by atoms with Crippen LogP contribution in [0.15, 0.2) is 99.1 Å². The zero-order valence-corrected chi connectivity index (χ0v) is 22.7. The number of fused-ring (bicyclic) bond motifs is 1. The molecule has 0 fully saturated rings. The lowest BCUT2D eigenvalue weighted by Crippen LogP contribution is -2.40. The van der Waals surface area contributed by atoms with Gasteiger partial charge in [-0.05, 0) is 42.5 Å². The summed E-state index contributed by atoms with van der Waals surface area (Å²) in [5.74, 6) is -0.549. The Balaban J connectivity index is 1.80. The van der Waals surface area contributed by atoms with Crippen molar-refractivity contribution in [2.75, 3.05) is 12.9 Å². The number of rotatable bonds is 7. The van der Waals surface area contributed by atoms with Crippen molar-refractivity contribution in [2.45, 2.75) is 17.9 Å². The summed E-state index contributed by atoms with van der Waals surface area (Å²) in [7, 11) is 0. The lowest BCUT2D eigenvalue weighted by Gasteiger charge is -2.26. The molecule has 2 heterocycles. The number of hydrogen-bond acceptors (Lipinski definition) is 8. The number of aromatic nitrogens is 1. The summed E-state index contributed by atoms with van der Waals surface area (Å²) in [5, 5.41) is 11.3. The minimum absolute atomic E-state index is 0.0701. The quantitative estimate of drug-likeness (QED) is 0.143. The van der Waals surface area contributed by atoms with Crippen LogP contribution in [0.25, 0.3) is 11.8 Å². The van der Waals surface area contributed by atoms with Gasteiger partial charge in [-0.25, -0.2) is 9.79 Å². The first-order valence-electron chi connectivity index (χ1n) is 12.1. The third-order valence-electron chi connectivity index (χ3n) is 6.18. The fourth-order valence-electron chi connectivity index (χ4n) is 4.42. The number of hydrogen-bond donors (Lipinski definition) is 0. The molecule has 0 N–H and O–H groups in total. The maximum absolute atomic E-state index is 13.9. The summed E-state index contributed by atoms with van der Waals surface area (Å²) in [4.78, 5) is 44.4. The van der Waals surface area contributed by atoms with Gasteiger partial charge in [-0.15, -0.1) is 11.8 Å². The Hall–Kier alpha value is -4.28. The van der Waals surface area contributed by atoms with Gasteiger partial charge in [0.05, 0.1) is 33.4 Å². The molecule has 0 spiro atoms. The first-order valence-corrected chi connectivity index (χ1v) is 14.1. The van der Waals surface area contributed by atoms with Crippen LogP contribution in [0.5, 0.6) is 0 Å². The Labute approximate surface area is 231 Å². The van der Waals surface area contributed by atoms with Gasteiger partial charge in [-0.1, -0.05) is 65.9 Å². The predicted octanol–water partition coefficient (Wildman–Crippen LogP) is 4.57. The second-order valence-corrected chi connectivity index (χ2v) is 10.4. The monoisotopic (exact) mass is 557 g/mol. The van der Waals surface area contributed by atoms with Crippen LogP contribution >= 0.6 is 23.1 Å². The van der Waals surface area contributed by atoms with E-state index in [1.54, 1.807) is 36.9 Å². The third kappa shape index (κ3) is 5.21. The number of carbonyl (C=O) groups is 1. The molecule has 10 heteroatoms. The maximum Gasteiger partial charge on any atom is 0.338 e. The standard InChI is InChI=1S/C29H23N3O5S2/c1-3-37-28(34)24-25(19-9-5-4-6-10-19)30-29-31(26(24)20-12-14-22(38-2)15-13-20)27(33)23(39-29)17-18-8-7-11-21(16-18)32(35)36/h4-17,26H,3H2,1-2H3/b23-17-/t26-/m0/s1. The van der Waals surface area contributed by atoms with Crippen molar-refractivity contribution in [3.05, 3.63) is 131 Å². The fraction of sp³-hybridized carbons (Fsp3) is 0.138. The van der Waals surface area contributed by atoms with Crippen molar-refractivity contribution in [1.29, 1.82) is 0 Å². The van der Waals surface area contributed by atoms with Crippen molar-refractivity contribution in [3.63, 3.8) is 0 Å². The van der Waals surface area contributed by atoms with Gasteiger partial charge < -0.3 is 4.74 Å². The number of thiazole rings is 1. The fourth-order valence-corrected chi connectivity index (χ4v) is 5.83. The molecule has 5 rings (SSSR count). The van der Waals surface area contributed by atoms with Crippen molar-refractivity contribution >= 4 is 46.5 Å². The molecule has 39 heavy (non-hydrogen) atoms. The minimum Gasteiger partial charge on any atom is -0.463 e. The van der Waals surface area contributed by atoms with Crippen molar-refractivity contribution in [1.82, 2.24) is 4.57 Å². The predicted molar refractivity (Wildman–Crippen MR) is 152 cm³/mol. The van der Waals surface area contributed by atoms with E-state index in [9.17, 15) is 19.7 Å². The Bertz CT molecular complexity index is 1770. The van der Waals surface area contributed by atoms with E-state index < -0.39 is 16.9 Å². The highest BCUT2D eigenvalue weighted by Gasteiger charge is 2.35. The van der Waals surface area contributed by atoms with Gasteiger partial charge in [0.1, 0.15) is 0 Å². The SMILES string of the molecule is CCOC(=O)C1=C(c2ccccc2)N=c2s/c(=C\c3cccc([N+](=O)[O-])c3)c(=O)n2[C@H]1c1ccc(SC)cc1. The highest BCUT2D eigenvalue weighted by atomic mass is 32.2. The molecular weight excluding hydrogens is 534 g/mol. The molecule has 1 aromatic heterocycles. The van der Waals surface area contributed by atoms with Crippen LogP contribution in [0.3, 0.4) is 0 Å². The van der Waals surface area contributed by atoms with Gasteiger partial charge in [-0.2, -0.15) is 0 Å². The highest BCUT2D eigenvalue weighted by molar-refractivity contribution is 7.98. The average Bonchev–Trinajstić information content (AvgIpc) is 3.27. The van der Waals surface area contributed by atoms with Gasteiger partial charge in [0.15, 0.2) is 4.80 Å². The molecule has 1 aliphatic rings. The van der Waals surface area contributed by atoms with Crippen molar-refractivity contribution in [3.8, 4) is 0 Å². The molecular formula is C29H23N3O5S2. The minimum atomic E-state index is -0.779. The zero-order valence-electron chi connectivity index (χ0n) is 21.1. The summed E-state index contributed by atoms with van der Waals surface area (Å²) >= 11 is 2.76. The van der Waals surface area contributed by atoms with Crippen LogP contribution in [-0.4, -0.2) is 28.3 Å². The Morgan fingerprint density at radius 1 is 1.13 bits per heavy atom. The van der Waals surface area contributed by atoms with Crippen molar-refractivity contribution < 1.29 is 14.5 Å². The van der Waals surface area contributed by atoms with E-state index in [-0.39, 0.29) is 23.4 Å². The summed E-state index contributed by atoms with van der Waals surface area (Å²) in [5.41, 5.74) is 2.27. The van der Waals surface area contributed by atoms with E-state index in [0.717, 1.165) is 16.0 Å². The number of non-ortho nitro benzene ring substituents is 1. The number of nitrogens with zero attached hydrogens (tertiary/aromatic N) is 3. The molecule has 0 bridgehead atoms. The smallest absolute Gasteiger partial charge is 0.338 e. The summed E-state index contributed by atoms with van der Waals surface area (Å²) in [6, 6.07) is 22.3. The molecule has 196 valence electrons. The van der Waals surface area contributed by atoms with Gasteiger partial charge in [-0.3, -0.25) is 19.5 Å². The molecule has 8 nitrogen and oxygen atoms in total. The van der Waals surface area contributed by atoms with Crippen LogP contribution in [0, 0.1) is 10.1 Å². The first-order chi connectivity index (χ1) is 18.9. The van der Waals surface area contributed by atoms with Crippen LogP contribution in [0.2, 0.25) is 0 Å². The molecule has 4 aromatic rings. The lowest BCUT2D eigenvalue weighted by atomic mass is 9.93. The Morgan fingerprint density at radius 3 is 2.54 bits per heavy atom. The lowest BCUT2D eigenvalue weighted by molar-refractivity contribution is -0.384. The first kappa shape index (κ1) is 26.3. The summed E-state index contributed by atoms with van der Waals surface area (Å²) < 4.78 is 7.34. The third-order valence-corrected chi connectivity index (χ3v) is 7.91. The Morgan fingerprint density at radius 2 is 1.87 bits per heavy atom. The number of esters is 1. The number of benzene rings is 3. The molecule has 1 aliphatic heterocycles. The van der Waals surface area contributed by atoms with Gasteiger partial charge >= 0.3 is 5.97 Å². The number of ether oxygens (including phenoxy) is 1. The molecule has 0 unspecified atom stereocenters. The normalized spacial score (nSPS) is 15.0. The second-order valence-electron chi connectivity index (χ2n) is 8.56. The second kappa shape index (κ2) is 11.2. The van der Waals surface area contributed by atoms with E-state index in [2.05, 4.69) is 0 Å². The molecule has 0 saturated carbocycles. The summed E-state index contributed by atoms with van der Waals surface area (Å²) in [6.45, 7) is 1.90. The van der Waals surface area contributed by atoms with Crippen LogP contribution in [-0.2, 0) is 9.53 Å². The zero-order chi connectivity index (χ0) is 27.5. The van der Waals surface area contributed by atoms with Crippen LogP contribution in [0.4, 0.5) is 5.69 Å². The number of nitro benzene ring substituents is 1. The molecule has 1 atom stereocenters. The summed E-state index contributed by atoms with van der Waals surface area (Å²) in [6.07, 6.45) is 3.59. The van der Waals surface area contributed by atoms with E-state index in [4.69, 9.17) is 9.73 Å². The van der Waals surface area contributed by atoms with E-state index >= 15 is 0 Å². The molecule has 0 radical (unpaired) electrons. The Kier molecular flexibility index (Phi) is 7.58. The van der Waals surface area contributed by atoms with E-state index in [0.29, 0.717) is 20.6 Å². The molecule has 0 saturated heterocycles. The number of thioether (sulfide) groups is 1. The van der Waals surface area contributed by atoms with Crippen LogP contribution in [0.1, 0.15) is 29.7 Å². The largest absolute Gasteiger partial charge is 0.463 e. The van der Waals surface area contributed by atoms with Crippen molar-refractivity contribution in [2.24, 2.45) is 4.99 Å². The van der Waals surface area contributed by atoms with Gasteiger partial charge in [0.2, 0.25) is 0 Å². The van der Waals surface area contributed by atoms with Gasteiger partial charge in [0.25, 0.3) is 11.2 Å². The number of carbonyl (C=O) groups excluding carboxylic acids is 1. The molecule has 0 aliphatic carbocycles. The van der Waals surface area contributed by atoms with E-state index in [1.165, 1.54) is 28.0 Å². The highest BCUT2D eigenvalue weighted by Crippen LogP contribution is 2.35. The van der Waals surface area contributed by atoms with Gasteiger partial charge in [0, 0.05) is 22.6 Å². The van der Waals surface area contributed by atoms with E-state index in [1.807, 2.05) is 60.9 Å². The molecule has 3 aromatic carbocycles. The average molecular weight is 558 g/mol. The molecule has 0 amide bonds.